The van der Waals surface area contributed by atoms with E-state index in [1.54, 1.807) is 13.8 Å². The van der Waals surface area contributed by atoms with E-state index in [-0.39, 0.29) is 5.11 Å². The monoisotopic (exact) mass is 197 g/mol. The predicted molar refractivity (Wildman–Crippen MR) is 47.1 cm³/mol. The number of nitrogens with one attached hydrogen (secondary N) is 2. The molecule has 11 heavy (non-hydrogen) atoms. The molecular formula is C4H11N3O2S2. The van der Waals surface area contributed by atoms with E-state index in [1.165, 1.54) is 0 Å². The molecule has 0 heterocycles. The van der Waals surface area contributed by atoms with Gasteiger partial charge in [0, 0.05) is 0 Å². The highest BCUT2D eigenvalue weighted by Crippen LogP contribution is 1.92. The summed E-state index contributed by atoms with van der Waals surface area (Å²) in [6, 6.07) is 0. The molecule has 4 N–H and O–H groups in total. The molecule has 0 aliphatic carbocycles. The molecule has 0 spiro atoms. The SMILES string of the molecule is CC(C)S(=O)(=O)NNC(N)=S. The van der Waals surface area contributed by atoms with Gasteiger partial charge in [-0.1, -0.05) is 0 Å². The van der Waals surface area contributed by atoms with Crippen molar-refractivity contribution in [1.29, 1.82) is 0 Å². The van der Waals surface area contributed by atoms with E-state index in [0.29, 0.717) is 0 Å². The van der Waals surface area contributed by atoms with Gasteiger partial charge in [-0.05, 0) is 26.1 Å². The van der Waals surface area contributed by atoms with Crippen molar-refractivity contribution in [3.63, 3.8) is 0 Å². The molecule has 5 nitrogen and oxygen atoms in total. The summed E-state index contributed by atoms with van der Waals surface area (Å²) in [4.78, 5) is 2.01. The molecule has 0 radical (unpaired) electrons. The van der Waals surface area contributed by atoms with Crippen LogP contribution in [-0.2, 0) is 10.0 Å². The fourth-order valence-corrected chi connectivity index (χ4v) is 0.843. The van der Waals surface area contributed by atoms with Crippen LogP contribution in [-0.4, -0.2) is 18.8 Å². The van der Waals surface area contributed by atoms with Gasteiger partial charge in [0.2, 0.25) is 10.0 Å². The van der Waals surface area contributed by atoms with E-state index < -0.39 is 15.3 Å². The number of sulfonamides is 1. The van der Waals surface area contributed by atoms with Gasteiger partial charge in [0.1, 0.15) is 0 Å². The van der Waals surface area contributed by atoms with Crippen molar-refractivity contribution >= 4 is 27.4 Å². The molecule has 66 valence electrons. The van der Waals surface area contributed by atoms with Gasteiger partial charge < -0.3 is 5.73 Å². The summed E-state index contributed by atoms with van der Waals surface area (Å²) >= 11 is 4.39. The molecule has 0 fully saturated rings. The van der Waals surface area contributed by atoms with Crippen LogP contribution < -0.4 is 16.0 Å². The van der Waals surface area contributed by atoms with Gasteiger partial charge >= 0.3 is 0 Å². The van der Waals surface area contributed by atoms with Crippen LogP contribution in [0.25, 0.3) is 0 Å². The van der Waals surface area contributed by atoms with Crippen molar-refractivity contribution in [3.8, 4) is 0 Å². The molecule has 0 rings (SSSR count). The van der Waals surface area contributed by atoms with Crippen LogP contribution in [0.4, 0.5) is 0 Å². The lowest BCUT2D eigenvalue weighted by Gasteiger charge is -2.09. The largest absolute Gasteiger partial charge is 0.375 e. The average Bonchev–Trinajstić information content (AvgIpc) is 1.84. The van der Waals surface area contributed by atoms with Crippen LogP contribution >= 0.6 is 12.2 Å². The van der Waals surface area contributed by atoms with Gasteiger partial charge in [-0.2, -0.15) is 0 Å². The van der Waals surface area contributed by atoms with Crippen molar-refractivity contribution in [2.45, 2.75) is 19.1 Å². The molecule has 0 amide bonds. The summed E-state index contributed by atoms with van der Waals surface area (Å²) in [7, 11) is -3.32. The number of rotatable bonds is 3. The van der Waals surface area contributed by atoms with Crippen LogP contribution in [0.5, 0.6) is 0 Å². The molecule has 0 aromatic heterocycles. The van der Waals surface area contributed by atoms with Crippen molar-refractivity contribution in [2.24, 2.45) is 5.73 Å². The lowest BCUT2D eigenvalue weighted by atomic mass is 10.6. The van der Waals surface area contributed by atoms with Crippen LogP contribution in [0.2, 0.25) is 0 Å². The highest BCUT2D eigenvalue weighted by Gasteiger charge is 2.14. The highest BCUT2D eigenvalue weighted by molar-refractivity contribution is 7.90. The van der Waals surface area contributed by atoms with Crippen LogP contribution in [0.3, 0.4) is 0 Å². The number of thiocarbonyl (C=S) groups is 1. The molecule has 0 aliphatic rings. The second-order valence-corrected chi connectivity index (χ2v) is 4.86. The highest BCUT2D eigenvalue weighted by atomic mass is 32.2. The summed E-state index contributed by atoms with van der Waals surface area (Å²) in [5.41, 5.74) is 7.13. The second kappa shape index (κ2) is 3.84. The fraction of sp³-hybridized carbons (Fsp3) is 0.750. The zero-order valence-electron chi connectivity index (χ0n) is 6.29. The zero-order chi connectivity index (χ0) is 9.07. The Morgan fingerprint density at radius 2 is 2.00 bits per heavy atom. The number of hydrogen-bond donors (Lipinski definition) is 3. The van der Waals surface area contributed by atoms with Crippen LogP contribution in [0.15, 0.2) is 0 Å². The number of hydrogen-bond acceptors (Lipinski definition) is 3. The molecule has 0 aromatic rings. The molecule has 0 atom stereocenters. The van der Waals surface area contributed by atoms with Gasteiger partial charge in [-0.3, -0.25) is 5.43 Å². The van der Waals surface area contributed by atoms with E-state index in [0.717, 1.165) is 0 Å². The fourth-order valence-electron chi connectivity index (χ4n) is 0.239. The Labute approximate surface area is 71.4 Å². The average molecular weight is 197 g/mol. The lowest BCUT2D eigenvalue weighted by molar-refractivity contribution is 0.568. The predicted octanol–water partition coefficient (Wildman–Crippen LogP) is -0.938. The summed E-state index contributed by atoms with van der Waals surface area (Å²) in [6.45, 7) is 3.09. The minimum atomic E-state index is -3.32. The third kappa shape index (κ3) is 4.12. The number of nitrogens with two attached hydrogens (primary N) is 1. The zero-order valence-corrected chi connectivity index (χ0v) is 7.92. The summed E-state index contributed by atoms with van der Waals surface area (Å²) in [5, 5.41) is -0.612. The summed E-state index contributed by atoms with van der Waals surface area (Å²) < 4.78 is 21.9. The van der Waals surface area contributed by atoms with E-state index in [1.807, 2.05) is 4.83 Å². The number of hydrazine groups is 1. The third-order valence-electron chi connectivity index (χ3n) is 0.937. The molecule has 0 saturated carbocycles. The first kappa shape index (κ1) is 10.6. The smallest absolute Gasteiger partial charge is 0.230 e. The lowest BCUT2D eigenvalue weighted by Crippen LogP contribution is -2.46. The van der Waals surface area contributed by atoms with Crippen molar-refractivity contribution < 1.29 is 8.42 Å². The first-order chi connectivity index (χ1) is 4.86. The second-order valence-electron chi connectivity index (χ2n) is 2.19. The van der Waals surface area contributed by atoms with Crippen LogP contribution in [0, 0.1) is 0 Å². The first-order valence-electron chi connectivity index (χ1n) is 2.92. The molecule has 0 unspecified atom stereocenters. The van der Waals surface area contributed by atoms with Gasteiger partial charge in [-0.25, -0.2) is 8.42 Å². The van der Waals surface area contributed by atoms with Crippen molar-refractivity contribution in [2.75, 3.05) is 0 Å². The summed E-state index contributed by atoms with van der Waals surface area (Å²) in [6.07, 6.45) is 0. The van der Waals surface area contributed by atoms with Gasteiger partial charge in [0.15, 0.2) is 5.11 Å². The van der Waals surface area contributed by atoms with E-state index >= 15 is 0 Å². The molecular weight excluding hydrogens is 186 g/mol. The van der Waals surface area contributed by atoms with E-state index in [9.17, 15) is 8.42 Å². The van der Waals surface area contributed by atoms with Gasteiger partial charge in [0.25, 0.3) is 0 Å². The first-order valence-corrected chi connectivity index (χ1v) is 4.88. The maximum Gasteiger partial charge on any atom is 0.230 e. The maximum atomic E-state index is 10.9. The topological polar surface area (TPSA) is 84.2 Å². The Balaban J connectivity index is 4.05. The minimum Gasteiger partial charge on any atom is -0.375 e. The Kier molecular flexibility index (Phi) is 3.70. The van der Waals surface area contributed by atoms with E-state index in [2.05, 4.69) is 17.6 Å². The Morgan fingerprint density at radius 1 is 1.55 bits per heavy atom. The normalized spacial score (nSPS) is 11.5. The van der Waals surface area contributed by atoms with E-state index in [4.69, 9.17) is 5.73 Å². The Morgan fingerprint density at radius 3 is 2.27 bits per heavy atom. The Bertz CT molecular complexity index is 234. The van der Waals surface area contributed by atoms with Gasteiger partial charge in [0.05, 0.1) is 5.25 Å². The third-order valence-corrected chi connectivity index (χ3v) is 2.67. The molecule has 0 bridgehead atoms. The standard InChI is InChI=1S/C4H11N3O2S2/c1-3(2)11(8,9)7-6-4(5)10/h3,7H,1-2H3,(H3,5,6,10). The molecule has 0 aliphatic heterocycles. The van der Waals surface area contributed by atoms with Crippen molar-refractivity contribution in [3.05, 3.63) is 0 Å². The molecule has 7 heteroatoms. The minimum absolute atomic E-state index is 0.103. The maximum absolute atomic E-state index is 10.9. The van der Waals surface area contributed by atoms with Crippen LogP contribution in [0.1, 0.15) is 13.8 Å². The van der Waals surface area contributed by atoms with Gasteiger partial charge in [-0.15, -0.1) is 4.83 Å². The molecule has 0 aromatic carbocycles. The summed E-state index contributed by atoms with van der Waals surface area (Å²) in [5.74, 6) is 0. The van der Waals surface area contributed by atoms with Crippen molar-refractivity contribution in [1.82, 2.24) is 10.3 Å². The molecule has 0 saturated heterocycles. The Hall–Kier alpha value is -0.400. The quantitative estimate of drug-likeness (QED) is 0.402.